The summed E-state index contributed by atoms with van der Waals surface area (Å²) in [5.74, 6) is -0.360. The molecule has 10 nitrogen and oxygen atoms in total. The average Bonchev–Trinajstić information content (AvgIpc) is 3.49. The molecule has 3 aliphatic carbocycles. The Hall–Kier alpha value is -2.36. The summed E-state index contributed by atoms with van der Waals surface area (Å²) < 4.78 is 0. The highest BCUT2D eigenvalue weighted by Crippen LogP contribution is 2.40. The number of hydrazine groups is 1. The van der Waals surface area contributed by atoms with Crippen LogP contribution in [0.2, 0.25) is 0 Å². The highest BCUT2D eigenvalue weighted by Gasteiger charge is 2.56. The number of carbonyl (C=O) groups is 4. The van der Waals surface area contributed by atoms with Gasteiger partial charge in [-0.25, -0.2) is 9.80 Å². The largest absolute Gasteiger partial charge is 0.353 e. The molecule has 5 fully saturated rings. The Bertz CT molecular complexity index is 884. The Kier molecular flexibility index (Phi) is 7.93. The fraction of sp³-hybridized carbons (Fsp3) is 0.852. The van der Waals surface area contributed by atoms with E-state index < -0.39 is 6.29 Å². The Balaban J connectivity index is 1.30. The Morgan fingerprint density at radius 1 is 0.919 bits per heavy atom. The lowest BCUT2D eigenvalue weighted by atomic mass is 9.75. The molecule has 37 heavy (non-hydrogen) atoms. The third kappa shape index (κ3) is 5.59. The van der Waals surface area contributed by atoms with E-state index in [2.05, 4.69) is 29.9 Å². The Morgan fingerprint density at radius 2 is 1.57 bits per heavy atom. The molecular weight excluding hydrogens is 472 g/mol. The van der Waals surface area contributed by atoms with Crippen LogP contribution in [-0.4, -0.2) is 76.1 Å². The lowest BCUT2D eigenvalue weighted by molar-refractivity contribution is -0.159. The molecule has 4 unspecified atom stereocenters. The molecule has 0 aromatic heterocycles. The van der Waals surface area contributed by atoms with Crippen molar-refractivity contribution in [3.63, 3.8) is 0 Å². The standard InChI is InChI=1S/C27H44N6O4/c1-17(2)15-31-25(36)21-13-12-18(24(35)29-20-10-6-7-11-20)14-22(21)33-26(31)30-32(27(33)37)16-23(34)28-19-8-4-3-5-9-19/h17-22,26,30H,3-16H2,1-2H3,(H,28,34)(H,29,35). The second kappa shape index (κ2) is 11.2. The number of urea groups is 1. The van der Waals surface area contributed by atoms with Crippen LogP contribution >= 0.6 is 0 Å². The molecule has 2 heterocycles. The number of amides is 5. The molecule has 5 aliphatic rings. The molecule has 3 saturated carbocycles. The van der Waals surface area contributed by atoms with Crippen molar-refractivity contribution < 1.29 is 19.2 Å². The third-order valence-electron chi connectivity index (χ3n) is 8.96. The maximum atomic E-state index is 13.7. The minimum Gasteiger partial charge on any atom is -0.353 e. The topological polar surface area (TPSA) is 114 Å². The highest BCUT2D eigenvalue weighted by atomic mass is 16.2. The fourth-order valence-electron chi connectivity index (χ4n) is 7.11. The van der Waals surface area contributed by atoms with Gasteiger partial charge in [-0.05, 0) is 50.9 Å². The first kappa shape index (κ1) is 26.3. The molecule has 5 rings (SSSR count). The maximum Gasteiger partial charge on any atom is 0.337 e. The summed E-state index contributed by atoms with van der Waals surface area (Å²) in [4.78, 5) is 56.8. The fourth-order valence-corrected chi connectivity index (χ4v) is 7.11. The van der Waals surface area contributed by atoms with Crippen LogP contribution in [-0.2, 0) is 14.4 Å². The molecule has 0 radical (unpaired) electrons. The third-order valence-corrected chi connectivity index (χ3v) is 8.96. The summed E-state index contributed by atoms with van der Waals surface area (Å²) in [6, 6.07) is -0.208. The predicted molar refractivity (Wildman–Crippen MR) is 137 cm³/mol. The van der Waals surface area contributed by atoms with Gasteiger partial charge >= 0.3 is 6.03 Å². The minimum atomic E-state index is -0.622. The summed E-state index contributed by atoms with van der Waals surface area (Å²) in [7, 11) is 0. The van der Waals surface area contributed by atoms with Gasteiger partial charge in [0, 0.05) is 30.6 Å². The van der Waals surface area contributed by atoms with Crippen molar-refractivity contribution in [2.75, 3.05) is 13.1 Å². The van der Waals surface area contributed by atoms with E-state index in [-0.39, 0.29) is 66.2 Å². The van der Waals surface area contributed by atoms with E-state index in [0.29, 0.717) is 25.8 Å². The molecule has 0 spiro atoms. The second-order valence-corrected chi connectivity index (χ2v) is 12.2. The molecule has 4 atom stereocenters. The van der Waals surface area contributed by atoms with Gasteiger partial charge in [0.15, 0.2) is 6.29 Å². The summed E-state index contributed by atoms with van der Waals surface area (Å²) in [6.07, 6.45) is 10.9. The van der Waals surface area contributed by atoms with Crippen molar-refractivity contribution in [1.29, 1.82) is 0 Å². The van der Waals surface area contributed by atoms with Crippen molar-refractivity contribution in [1.82, 2.24) is 30.9 Å². The highest BCUT2D eigenvalue weighted by molar-refractivity contribution is 5.89. The first-order valence-electron chi connectivity index (χ1n) is 14.6. The summed E-state index contributed by atoms with van der Waals surface area (Å²) in [6.45, 7) is 4.55. The summed E-state index contributed by atoms with van der Waals surface area (Å²) in [5, 5.41) is 7.67. The smallest absolute Gasteiger partial charge is 0.337 e. The monoisotopic (exact) mass is 516 g/mol. The van der Waals surface area contributed by atoms with Gasteiger partial charge < -0.3 is 15.5 Å². The molecule has 5 amide bonds. The molecule has 3 N–H and O–H groups in total. The van der Waals surface area contributed by atoms with Crippen LogP contribution in [0.15, 0.2) is 0 Å². The van der Waals surface area contributed by atoms with Gasteiger partial charge in [0.1, 0.15) is 6.54 Å². The predicted octanol–water partition coefficient (Wildman–Crippen LogP) is 2.30. The van der Waals surface area contributed by atoms with Crippen LogP contribution < -0.4 is 16.1 Å². The van der Waals surface area contributed by atoms with Gasteiger partial charge in [-0.15, -0.1) is 0 Å². The number of rotatable bonds is 7. The lowest BCUT2D eigenvalue weighted by Crippen LogP contribution is -2.67. The molecule has 10 heteroatoms. The van der Waals surface area contributed by atoms with Crippen LogP contribution in [0.3, 0.4) is 0 Å². The van der Waals surface area contributed by atoms with Crippen LogP contribution in [0.5, 0.6) is 0 Å². The van der Waals surface area contributed by atoms with Crippen LogP contribution in [0.4, 0.5) is 4.79 Å². The number of fused-ring (bicyclic) bond motifs is 3. The summed E-state index contributed by atoms with van der Waals surface area (Å²) in [5.41, 5.74) is 3.19. The van der Waals surface area contributed by atoms with Crippen molar-refractivity contribution in [2.24, 2.45) is 17.8 Å². The molecule has 206 valence electrons. The van der Waals surface area contributed by atoms with Crippen molar-refractivity contribution in [3.05, 3.63) is 0 Å². The molecule has 0 aromatic rings. The van der Waals surface area contributed by atoms with Crippen LogP contribution in [0.25, 0.3) is 0 Å². The zero-order chi connectivity index (χ0) is 26.1. The Morgan fingerprint density at radius 3 is 2.24 bits per heavy atom. The van der Waals surface area contributed by atoms with Gasteiger partial charge in [0.2, 0.25) is 17.7 Å². The van der Waals surface area contributed by atoms with E-state index in [1.807, 2.05) is 0 Å². The SMILES string of the molecule is CC(C)CN1C(=O)C2CCC(C(=O)NC3CCCC3)CC2N2C(=O)N(CC(=O)NC3CCCCC3)NC12. The number of hydrogen-bond acceptors (Lipinski definition) is 5. The van der Waals surface area contributed by atoms with Crippen LogP contribution in [0, 0.1) is 17.8 Å². The van der Waals surface area contributed by atoms with E-state index in [4.69, 9.17) is 0 Å². The second-order valence-electron chi connectivity index (χ2n) is 12.2. The van der Waals surface area contributed by atoms with Crippen molar-refractivity contribution >= 4 is 23.8 Å². The Labute approximate surface area is 220 Å². The number of nitrogens with one attached hydrogen (secondary N) is 3. The number of nitrogens with zero attached hydrogens (tertiary/aromatic N) is 3. The summed E-state index contributed by atoms with van der Waals surface area (Å²) >= 11 is 0. The lowest BCUT2D eigenvalue weighted by Gasteiger charge is -2.50. The average molecular weight is 517 g/mol. The minimum absolute atomic E-state index is 0.0448. The van der Waals surface area contributed by atoms with Gasteiger partial charge in [0.05, 0.1) is 5.92 Å². The molecule has 2 aliphatic heterocycles. The van der Waals surface area contributed by atoms with Crippen molar-refractivity contribution in [3.8, 4) is 0 Å². The molecule has 0 aromatic carbocycles. The molecule has 0 bridgehead atoms. The van der Waals surface area contributed by atoms with E-state index in [1.54, 1.807) is 9.80 Å². The van der Waals surface area contributed by atoms with Crippen LogP contribution in [0.1, 0.15) is 90.9 Å². The van der Waals surface area contributed by atoms with Gasteiger partial charge in [-0.1, -0.05) is 46.0 Å². The normalized spacial score (nSPS) is 31.1. The molecular formula is C27H44N6O4. The van der Waals surface area contributed by atoms with Gasteiger partial charge in [-0.2, -0.15) is 5.43 Å². The van der Waals surface area contributed by atoms with Gasteiger partial charge in [-0.3, -0.25) is 19.3 Å². The zero-order valence-corrected chi connectivity index (χ0v) is 22.4. The number of carbonyl (C=O) groups excluding carboxylic acids is 4. The first-order chi connectivity index (χ1) is 17.8. The van der Waals surface area contributed by atoms with E-state index in [0.717, 1.165) is 51.4 Å². The first-order valence-corrected chi connectivity index (χ1v) is 14.6. The maximum absolute atomic E-state index is 13.7. The van der Waals surface area contributed by atoms with E-state index in [9.17, 15) is 19.2 Å². The van der Waals surface area contributed by atoms with Crippen molar-refractivity contribution in [2.45, 2.75) is 115 Å². The van der Waals surface area contributed by atoms with E-state index >= 15 is 0 Å². The van der Waals surface area contributed by atoms with E-state index in [1.165, 1.54) is 11.4 Å². The quantitative estimate of drug-likeness (QED) is 0.481. The molecule has 2 saturated heterocycles. The number of hydrogen-bond donors (Lipinski definition) is 3. The zero-order valence-electron chi connectivity index (χ0n) is 22.4. The van der Waals surface area contributed by atoms with Gasteiger partial charge in [0.25, 0.3) is 0 Å².